The Morgan fingerprint density at radius 1 is 1.58 bits per heavy atom. The van der Waals surface area contributed by atoms with Gasteiger partial charge in [-0.25, -0.2) is 9.37 Å². The van der Waals surface area contributed by atoms with Crippen molar-refractivity contribution in [2.24, 2.45) is 5.73 Å². The fraction of sp³-hybridized carbons (Fsp3) is 0.167. The number of benzene rings is 1. The summed E-state index contributed by atoms with van der Waals surface area (Å²) in [6, 6.07) is 3.10. The van der Waals surface area contributed by atoms with E-state index in [0.717, 1.165) is 6.07 Å². The van der Waals surface area contributed by atoms with Gasteiger partial charge >= 0.3 is 0 Å². The lowest BCUT2D eigenvalue weighted by Gasteiger charge is -2.03. The maximum Gasteiger partial charge on any atom is 0.260 e. The second kappa shape index (κ2) is 5.33. The van der Waals surface area contributed by atoms with Crippen LogP contribution in [0.25, 0.3) is 0 Å². The highest BCUT2D eigenvalue weighted by Crippen LogP contribution is 2.21. The monoisotopic (exact) mass is 281 g/mol. The maximum atomic E-state index is 13.5. The van der Waals surface area contributed by atoms with Crippen molar-refractivity contribution < 1.29 is 14.3 Å². The van der Waals surface area contributed by atoms with Crippen molar-refractivity contribution in [2.75, 3.05) is 5.32 Å². The molecule has 0 saturated carbocycles. The third kappa shape index (κ3) is 3.07. The number of nitrogens with one attached hydrogen (secondary N) is 1. The SMILES string of the molecule is CC(N)c1csc(NC(=O)c2ccc(O)cc2F)n1. The molecule has 7 heteroatoms. The molecule has 4 N–H and O–H groups in total. The molecular formula is C12H12FN3O2S. The number of hydrogen-bond donors (Lipinski definition) is 3. The van der Waals surface area contributed by atoms with Crippen LogP contribution in [0.4, 0.5) is 9.52 Å². The van der Waals surface area contributed by atoms with Gasteiger partial charge in [-0.3, -0.25) is 10.1 Å². The molecule has 0 aliphatic heterocycles. The molecule has 1 heterocycles. The molecule has 5 nitrogen and oxygen atoms in total. The van der Waals surface area contributed by atoms with Crippen molar-refractivity contribution in [3.63, 3.8) is 0 Å². The van der Waals surface area contributed by atoms with Gasteiger partial charge in [-0.05, 0) is 19.1 Å². The molecular weight excluding hydrogens is 269 g/mol. The first-order valence-corrected chi connectivity index (χ1v) is 6.36. The van der Waals surface area contributed by atoms with E-state index in [1.165, 1.54) is 23.5 Å². The summed E-state index contributed by atoms with van der Waals surface area (Å²) in [5, 5.41) is 13.6. The molecule has 0 spiro atoms. The van der Waals surface area contributed by atoms with Gasteiger partial charge in [0.1, 0.15) is 11.6 Å². The molecule has 19 heavy (non-hydrogen) atoms. The zero-order valence-electron chi connectivity index (χ0n) is 10.1. The predicted molar refractivity (Wildman–Crippen MR) is 70.7 cm³/mol. The number of rotatable bonds is 3. The zero-order valence-corrected chi connectivity index (χ0v) is 10.9. The van der Waals surface area contributed by atoms with E-state index in [4.69, 9.17) is 10.8 Å². The van der Waals surface area contributed by atoms with Gasteiger partial charge in [0, 0.05) is 17.5 Å². The Kier molecular flexibility index (Phi) is 3.77. The molecule has 2 aromatic rings. The number of nitrogens with two attached hydrogens (primary N) is 1. The Bertz CT molecular complexity index is 613. The van der Waals surface area contributed by atoms with Crippen molar-refractivity contribution in [1.82, 2.24) is 4.98 Å². The summed E-state index contributed by atoms with van der Waals surface area (Å²) < 4.78 is 13.5. The van der Waals surface area contributed by atoms with Gasteiger partial charge in [0.2, 0.25) is 0 Å². The van der Waals surface area contributed by atoms with Gasteiger partial charge in [0.25, 0.3) is 5.91 Å². The molecule has 1 aromatic carbocycles. The number of phenolic OH excluding ortho intramolecular Hbond substituents is 1. The van der Waals surface area contributed by atoms with Gasteiger partial charge in [0.05, 0.1) is 11.3 Å². The fourth-order valence-electron chi connectivity index (χ4n) is 1.41. The Morgan fingerprint density at radius 2 is 2.32 bits per heavy atom. The minimum absolute atomic E-state index is 0.157. The molecule has 0 radical (unpaired) electrons. The van der Waals surface area contributed by atoms with Crippen molar-refractivity contribution in [3.05, 3.63) is 40.7 Å². The Labute approximate surface area is 112 Å². The molecule has 1 unspecified atom stereocenters. The molecule has 2 rings (SSSR count). The maximum absolute atomic E-state index is 13.5. The third-order valence-corrected chi connectivity index (χ3v) is 3.18. The van der Waals surface area contributed by atoms with Crippen LogP contribution in [0, 0.1) is 5.82 Å². The van der Waals surface area contributed by atoms with Crippen LogP contribution in [0.2, 0.25) is 0 Å². The van der Waals surface area contributed by atoms with E-state index in [-0.39, 0.29) is 17.4 Å². The average Bonchev–Trinajstić information content (AvgIpc) is 2.77. The molecule has 0 aliphatic carbocycles. The number of halogens is 1. The van der Waals surface area contributed by atoms with Gasteiger partial charge < -0.3 is 10.8 Å². The number of aromatic nitrogens is 1. The number of amides is 1. The molecule has 0 bridgehead atoms. The molecule has 1 aromatic heterocycles. The Hall–Kier alpha value is -1.99. The number of aromatic hydroxyl groups is 1. The van der Waals surface area contributed by atoms with E-state index < -0.39 is 11.7 Å². The number of hydrogen-bond acceptors (Lipinski definition) is 5. The molecule has 0 aliphatic rings. The van der Waals surface area contributed by atoms with Gasteiger partial charge in [-0.15, -0.1) is 11.3 Å². The summed E-state index contributed by atoms with van der Waals surface area (Å²) in [6.07, 6.45) is 0. The minimum Gasteiger partial charge on any atom is -0.508 e. The molecule has 1 atom stereocenters. The second-order valence-corrected chi connectivity index (χ2v) is 4.84. The first kappa shape index (κ1) is 13.4. The predicted octanol–water partition coefficient (Wildman–Crippen LogP) is 2.26. The number of nitrogens with zero attached hydrogens (tertiary/aromatic N) is 1. The van der Waals surface area contributed by atoms with Crippen LogP contribution in [-0.4, -0.2) is 16.0 Å². The highest BCUT2D eigenvalue weighted by atomic mass is 32.1. The first-order valence-electron chi connectivity index (χ1n) is 5.48. The van der Waals surface area contributed by atoms with Crippen LogP contribution in [0.15, 0.2) is 23.6 Å². The largest absolute Gasteiger partial charge is 0.508 e. The number of carbonyl (C=O) groups excluding carboxylic acids is 1. The average molecular weight is 281 g/mol. The van der Waals surface area contributed by atoms with Crippen LogP contribution in [-0.2, 0) is 0 Å². The third-order valence-electron chi connectivity index (χ3n) is 2.41. The van der Waals surface area contributed by atoms with Crippen molar-refractivity contribution in [1.29, 1.82) is 0 Å². The lowest BCUT2D eigenvalue weighted by Crippen LogP contribution is -2.14. The Morgan fingerprint density at radius 3 is 2.89 bits per heavy atom. The van der Waals surface area contributed by atoms with E-state index in [1.54, 1.807) is 12.3 Å². The van der Waals surface area contributed by atoms with Crippen LogP contribution >= 0.6 is 11.3 Å². The number of thiazole rings is 1. The normalized spacial score (nSPS) is 12.2. The topological polar surface area (TPSA) is 88.2 Å². The fourth-order valence-corrected chi connectivity index (χ4v) is 2.21. The molecule has 100 valence electrons. The van der Waals surface area contributed by atoms with Gasteiger partial charge in [0.15, 0.2) is 5.13 Å². The molecule has 0 saturated heterocycles. The van der Waals surface area contributed by atoms with Crippen molar-refractivity contribution in [2.45, 2.75) is 13.0 Å². The summed E-state index contributed by atoms with van der Waals surface area (Å²) in [5.74, 6) is -1.65. The highest BCUT2D eigenvalue weighted by Gasteiger charge is 2.14. The van der Waals surface area contributed by atoms with E-state index in [9.17, 15) is 9.18 Å². The Balaban J connectivity index is 2.16. The quantitative estimate of drug-likeness (QED) is 0.805. The van der Waals surface area contributed by atoms with Crippen molar-refractivity contribution >= 4 is 22.4 Å². The van der Waals surface area contributed by atoms with Crippen LogP contribution in [0.3, 0.4) is 0 Å². The second-order valence-electron chi connectivity index (χ2n) is 3.98. The van der Waals surface area contributed by atoms with Crippen molar-refractivity contribution in [3.8, 4) is 5.75 Å². The van der Waals surface area contributed by atoms with Gasteiger partial charge in [-0.1, -0.05) is 0 Å². The lowest BCUT2D eigenvalue weighted by molar-refractivity contribution is 0.102. The molecule has 1 amide bonds. The van der Waals surface area contributed by atoms with Gasteiger partial charge in [-0.2, -0.15) is 0 Å². The zero-order chi connectivity index (χ0) is 14.0. The summed E-state index contributed by atoms with van der Waals surface area (Å²) in [6.45, 7) is 1.78. The minimum atomic E-state index is -0.790. The lowest BCUT2D eigenvalue weighted by atomic mass is 10.2. The van der Waals surface area contributed by atoms with E-state index in [2.05, 4.69) is 10.3 Å². The van der Waals surface area contributed by atoms with E-state index in [1.807, 2.05) is 0 Å². The van der Waals surface area contributed by atoms with E-state index in [0.29, 0.717) is 10.8 Å². The van der Waals surface area contributed by atoms with E-state index >= 15 is 0 Å². The summed E-state index contributed by atoms with van der Waals surface area (Å²) in [7, 11) is 0. The number of anilines is 1. The summed E-state index contributed by atoms with van der Waals surface area (Å²) >= 11 is 1.21. The highest BCUT2D eigenvalue weighted by molar-refractivity contribution is 7.14. The summed E-state index contributed by atoms with van der Waals surface area (Å²) in [5.41, 5.74) is 6.16. The smallest absolute Gasteiger partial charge is 0.260 e. The van der Waals surface area contributed by atoms with Crippen LogP contribution in [0.1, 0.15) is 29.0 Å². The first-order chi connectivity index (χ1) is 8.97. The summed E-state index contributed by atoms with van der Waals surface area (Å²) in [4.78, 5) is 15.9. The standard InChI is InChI=1S/C12H12FN3O2S/c1-6(14)10-5-19-12(15-10)16-11(18)8-3-2-7(17)4-9(8)13/h2-6,17H,14H2,1H3,(H,15,16,18). The number of phenols is 1. The molecule has 0 fully saturated rings. The van der Waals surface area contributed by atoms with Crippen LogP contribution < -0.4 is 11.1 Å². The van der Waals surface area contributed by atoms with Crippen LogP contribution in [0.5, 0.6) is 5.75 Å². The number of carbonyl (C=O) groups is 1.